The summed E-state index contributed by atoms with van der Waals surface area (Å²) >= 11 is 0. The third-order valence-corrected chi connectivity index (χ3v) is 6.80. The lowest BCUT2D eigenvalue weighted by molar-refractivity contribution is 0.132. The van der Waals surface area contributed by atoms with Crippen molar-refractivity contribution in [1.29, 1.82) is 0 Å². The van der Waals surface area contributed by atoms with Gasteiger partial charge in [0.1, 0.15) is 5.75 Å². The summed E-state index contributed by atoms with van der Waals surface area (Å²) in [5, 5.41) is 0. The number of benzene rings is 1. The molecule has 0 unspecified atom stereocenters. The minimum Gasteiger partial charge on any atom is -0.497 e. The predicted molar refractivity (Wildman–Crippen MR) is 95.0 cm³/mol. The van der Waals surface area contributed by atoms with Gasteiger partial charge in [-0.25, -0.2) is 0 Å². The first-order valence-corrected chi connectivity index (χ1v) is 9.46. The molecule has 2 aliphatic carbocycles. The molecule has 0 bridgehead atoms. The lowest BCUT2D eigenvalue weighted by Gasteiger charge is -2.37. The van der Waals surface area contributed by atoms with Crippen molar-refractivity contribution >= 4 is 0 Å². The number of nitrogens with zero attached hydrogens (tertiary/aromatic N) is 1. The Bertz CT molecular complexity index is 539. The molecular formula is C21H31NO. The van der Waals surface area contributed by atoms with Crippen LogP contribution in [0.15, 0.2) is 24.3 Å². The van der Waals surface area contributed by atoms with Gasteiger partial charge < -0.3 is 9.64 Å². The number of ether oxygens (including phenoxy) is 1. The Morgan fingerprint density at radius 3 is 2.26 bits per heavy atom. The predicted octanol–water partition coefficient (Wildman–Crippen LogP) is 4.85. The second-order valence-electron chi connectivity index (χ2n) is 8.81. The van der Waals surface area contributed by atoms with Gasteiger partial charge in [-0.2, -0.15) is 0 Å². The first kappa shape index (κ1) is 15.5. The molecule has 2 heteroatoms. The van der Waals surface area contributed by atoms with Gasteiger partial charge >= 0.3 is 0 Å². The fourth-order valence-electron chi connectivity index (χ4n) is 5.23. The number of hydrogen-bond acceptors (Lipinski definition) is 2. The average Bonchev–Trinajstić information content (AvgIpc) is 3.25. The van der Waals surface area contributed by atoms with Crippen LogP contribution in [0.3, 0.4) is 0 Å². The molecule has 1 aromatic rings. The number of hydrogen-bond donors (Lipinski definition) is 0. The Kier molecular flexibility index (Phi) is 3.91. The van der Waals surface area contributed by atoms with E-state index in [-0.39, 0.29) is 0 Å². The summed E-state index contributed by atoms with van der Waals surface area (Å²) in [6.07, 6.45) is 10.1. The third kappa shape index (κ3) is 3.28. The van der Waals surface area contributed by atoms with Crippen LogP contribution in [-0.4, -0.2) is 31.6 Å². The smallest absolute Gasteiger partial charge is 0.118 e. The van der Waals surface area contributed by atoms with Crippen molar-refractivity contribution in [2.75, 3.05) is 26.7 Å². The SMILES string of the molecule is COc1ccc(C2CCN(C[C@]3(C)CCC4(CC4)C3)CC2)cc1. The highest BCUT2D eigenvalue weighted by Gasteiger charge is 2.52. The van der Waals surface area contributed by atoms with Gasteiger partial charge in [0.15, 0.2) is 0 Å². The molecule has 1 spiro atoms. The minimum atomic E-state index is 0.601. The van der Waals surface area contributed by atoms with Gasteiger partial charge in [-0.1, -0.05) is 19.1 Å². The molecule has 2 saturated carbocycles. The maximum atomic E-state index is 5.27. The van der Waals surface area contributed by atoms with Crippen LogP contribution in [0, 0.1) is 10.8 Å². The van der Waals surface area contributed by atoms with Crippen molar-refractivity contribution < 1.29 is 4.74 Å². The van der Waals surface area contributed by atoms with Gasteiger partial charge in [0, 0.05) is 6.54 Å². The van der Waals surface area contributed by atoms with Crippen LogP contribution in [0.1, 0.15) is 63.4 Å². The van der Waals surface area contributed by atoms with E-state index in [1.165, 1.54) is 70.1 Å². The molecule has 126 valence electrons. The van der Waals surface area contributed by atoms with Crippen LogP contribution in [0.2, 0.25) is 0 Å². The summed E-state index contributed by atoms with van der Waals surface area (Å²) in [5.41, 5.74) is 2.90. The van der Waals surface area contributed by atoms with Gasteiger partial charge in [-0.05, 0) is 92.5 Å². The van der Waals surface area contributed by atoms with Crippen LogP contribution in [0.25, 0.3) is 0 Å². The molecule has 0 aromatic heterocycles. The van der Waals surface area contributed by atoms with Gasteiger partial charge in [-0.3, -0.25) is 0 Å². The van der Waals surface area contributed by atoms with Crippen LogP contribution in [-0.2, 0) is 0 Å². The molecule has 1 aromatic carbocycles. The fourth-order valence-corrected chi connectivity index (χ4v) is 5.23. The second kappa shape index (κ2) is 5.81. The molecule has 4 rings (SSSR count). The molecule has 3 aliphatic rings. The van der Waals surface area contributed by atoms with Crippen molar-refractivity contribution in [3.8, 4) is 5.75 Å². The van der Waals surface area contributed by atoms with E-state index in [0.29, 0.717) is 5.41 Å². The molecule has 3 fully saturated rings. The Balaban J connectivity index is 1.30. The van der Waals surface area contributed by atoms with Crippen LogP contribution in [0.5, 0.6) is 5.75 Å². The quantitative estimate of drug-likeness (QED) is 0.788. The van der Waals surface area contributed by atoms with Gasteiger partial charge in [0.25, 0.3) is 0 Å². The Labute approximate surface area is 141 Å². The largest absolute Gasteiger partial charge is 0.497 e. The molecule has 2 nitrogen and oxygen atoms in total. The zero-order chi connectivity index (χ0) is 15.9. The number of rotatable bonds is 4. The van der Waals surface area contributed by atoms with Crippen LogP contribution >= 0.6 is 0 Å². The Morgan fingerprint density at radius 1 is 1.04 bits per heavy atom. The summed E-state index contributed by atoms with van der Waals surface area (Å²) in [6, 6.07) is 8.73. The number of piperidine rings is 1. The molecule has 0 amide bonds. The van der Waals surface area contributed by atoms with Crippen molar-refractivity contribution in [2.24, 2.45) is 10.8 Å². The highest BCUT2D eigenvalue weighted by atomic mass is 16.5. The zero-order valence-corrected chi connectivity index (χ0v) is 14.8. The van der Waals surface area contributed by atoms with E-state index >= 15 is 0 Å². The van der Waals surface area contributed by atoms with E-state index < -0.39 is 0 Å². The summed E-state index contributed by atoms with van der Waals surface area (Å²) in [5.74, 6) is 1.71. The third-order valence-electron chi connectivity index (χ3n) is 6.80. The minimum absolute atomic E-state index is 0.601. The topological polar surface area (TPSA) is 12.5 Å². The number of likely N-dealkylation sites (tertiary alicyclic amines) is 1. The van der Waals surface area contributed by atoms with E-state index in [2.05, 4.69) is 36.1 Å². The first-order chi connectivity index (χ1) is 11.1. The molecule has 0 N–H and O–H groups in total. The van der Waals surface area contributed by atoms with Gasteiger partial charge in [0.05, 0.1) is 7.11 Å². The number of methoxy groups -OCH3 is 1. The standard InChI is InChI=1S/C21H31NO/c1-20(9-10-21(15-20)11-12-21)16-22-13-7-18(8-14-22)17-3-5-19(23-2)6-4-17/h3-6,18H,7-16H2,1-2H3/t20-/m1/s1. The molecule has 1 saturated heterocycles. The van der Waals surface area contributed by atoms with E-state index in [9.17, 15) is 0 Å². The van der Waals surface area contributed by atoms with E-state index in [1.54, 1.807) is 7.11 Å². The maximum absolute atomic E-state index is 5.27. The Hall–Kier alpha value is -1.02. The molecule has 1 heterocycles. The van der Waals surface area contributed by atoms with Crippen LogP contribution in [0.4, 0.5) is 0 Å². The lowest BCUT2D eigenvalue weighted by Crippen LogP contribution is -2.39. The van der Waals surface area contributed by atoms with Crippen molar-refractivity contribution in [3.05, 3.63) is 29.8 Å². The van der Waals surface area contributed by atoms with Gasteiger partial charge in [-0.15, -0.1) is 0 Å². The zero-order valence-electron chi connectivity index (χ0n) is 14.8. The van der Waals surface area contributed by atoms with Crippen molar-refractivity contribution in [2.45, 2.75) is 57.8 Å². The summed E-state index contributed by atoms with van der Waals surface area (Å²) in [6.45, 7) is 6.44. The summed E-state index contributed by atoms with van der Waals surface area (Å²) in [7, 11) is 1.74. The van der Waals surface area contributed by atoms with Gasteiger partial charge in [0.2, 0.25) is 0 Å². The fraction of sp³-hybridized carbons (Fsp3) is 0.714. The molecule has 0 radical (unpaired) electrons. The van der Waals surface area contributed by atoms with E-state index in [4.69, 9.17) is 4.74 Å². The second-order valence-corrected chi connectivity index (χ2v) is 8.81. The highest BCUT2D eigenvalue weighted by Crippen LogP contribution is 2.63. The molecule has 1 aliphatic heterocycles. The average molecular weight is 313 g/mol. The normalized spacial score (nSPS) is 30.7. The van der Waals surface area contributed by atoms with Crippen molar-refractivity contribution in [1.82, 2.24) is 4.90 Å². The molecule has 1 atom stereocenters. The molecule has 23 heavy (non-hydrogen) atoms. The van der Waals surface area contributed by atoms with E-state index in [0.717, 1.165) is 17.1 Å². The summed E-state index contributed by atoms with van der Waals surface area (Å²) in [4.78, 5) is 2.75. The first-order valence-electron chi connectivity index (χ1n) is 9.46. The monoisotopic (exact) mass is 313 g/mol. The van der Waals surface area contributed by atoms with E-state index in [1.807, 2.05) is 0 Å². The Morgan fingerprint density at radius 2 is 1.70 bits per heavy atom. The van der Waals surface area contributed by atoms with Crippen LogP contribution < -0.4 is 4.74 Å². The molecular weight excluding hydrogens is 282 g/mol. The summed E-state index contributed by atoms with van der Waals surface area (Å²) < 4.78 is 5.27. The highest BCUT2D eigenvalue weighted by molar-refractivity contribution is 5.29. The lowest BCUT2D eigenvalue weighted by atomic mass is 9.84. The maximum Gasteiger partial charge on any atom is 0.118 e. The van der Waals surface area contributed by atoms with Crippen molar-refractivity contribution in [3.63, 3.8) is 0 Å².